The van der Waals surface area contributed by atoms with Gasteiger partial charge in [-0.3, -0.25) is 14.7 Å². The van der Waals surface area contributed by atoms with E-state index in [0.717, 1.165) is 30.2 Å². The largest absolute Gasteiger partial charge is 0.445 e. The van der Waals surface area contributed by atoms with Crippen molar-refractivity contribution in [2.75, 3.05) is 6.54 Å². The van der Waals surface area contributed by atoms with Gasteiger partial charge in [-0.25, -0.2) is 9.67 Å². The lowest BCUT2D eigenvalue weighted by Crippen LogP contribution is -2.36. The average molecular weight is 364 g/mol. The van der Waals surface area contributed by atoms with Gasteiger partial charge in [0.15, 0.2) is 5.89 Å². The summed E-state index contributed by atoms with van der Waals surface area (Å²) in [6.07, 6.45) is 4.16. The van der Waals surface area contributed by atoms with E-state index in [4.69, 9.17) is 4.42 Å². The van der Waals surface area contributed by atoms with Gasteiger partial charge in [-0.05, 0) is 25.0 Å². The molecular weight excluding hydrogens is 344 g/mol. The first-order valence-electron chi connectivity index (χ1n) is 9.34. The van der Waals surface area contributed by atoms with Gasteiger partial charge in [0.2, 0.25) is 0 Å². The predicted molar refractivity (Wildman–Crippen MR) is 97.9 cm³/mol. The zero-order valence-corrected chi connectivity index (χ0v) is 14.9. The lowest BCUT2D eigenvalue weighted by molar-refractivity contribution is 0.0721. The number of para-hydroxylation sites is 1. The first kappa shape index (κ1) is 16.1. The normalized spacial score (nSPS) is 16.8. The van der Waals surface area contributed by atoms with E-state index in [9.17, 15) is 9.59 Å². The third kappa shape index (κ3) is 2.79. The minimum Gasteiger partial charge on any atom is -0.445 e. The van der Waals surface area contributed by atoms with Crippen molar-refractivity contribution in [3.63, 3.8) is 0 Å². The Morgan fingerprint density at radius 2 is 2.04 bits per heavy atom. The minimum atomic E-state index is -0.254. The van der Waals surface area contributed by atoms with Crippen LogP contribution in [-0.2, 0) is 13.0 Å². The Kier molecular flexibility index (Phi) is 3.74. The summed E-state index contributed by atoms with van der Waals surface area (Å²) in [7, 11) is 0. The summed E-state index contributed by atoms with van der Waals surface area (Å²) in [5.74, 6) is 1.97. The van der Waals surface area contributed by atoms with Crippen molar-refractivity contribution in [3.8, 4) is 5.69 Å². The van der Waals surface area contributed by atoms with Crippen molar-refractivity contribution < 1.29 is 9.21 Å². The number of aromatic amines is 1. The van der Waals surface area contributed by atoms with E-state index in [2.05, 4.69) is 10.1 Å². The number of rotatable bonds is 3. The highest BCUT2D eigenvalue weighted by molar-refractivity contribution is 5.92. The zero-order chi connectivity index (χ0) is 18.4. The van der Waals surface area contributed by atoms with Gasteiger partial charge < -0.3 is 9.32 Å². The molecule has 1 N–H and O–H groups in total. The van der Waals surface area contributed by atoms with Crippen LogP contribution in [0.5, 0.6) is 0 Å². The molecule has 27 heavy (non-hydrogen) atoms. The molecule has 0 atom stereocenters. The minimum absolute atomic E-state index is 0.194. The number of nitrogens with zero attached hydrogens (tertiary/aromatic N) is 3. The summed E-state index contributed by atoms with van der Waals surface area (Å²) >= 11 is 0. The van der Waals surface area contributed by atoms with Crippen LogP contribution in [0, 0.1) is 0 Å². The monoisotopic (exact) mass is 364 g/mol. The van der Waals surface area contributed by atoms with Gasteiger partial charge in [0, 0.05) is 24.9 Å². The Balaban J connectivity index is 1.37. The molecule has 7 heteroatoms. The van der Waals surface area contributed by atoms with Crippen LogP contribution in [0.2, 0.25) is 0 Å². The maximum Gasteiger partial charge on any atom is 0.272 e. The van der Waals surface area contributed by atoms with Crippen molar-refractivity contribution in [1.82, 2.24) is 19.7 Å². The van der Waals surface area contributed by atoms with Crippen molar-refractivity contribution in [3.05, 3.63) is 69.8 Å². The molecule has 0 radical (unpaired) electrons. The molecule has 5 rings (SSSR count). The van der Waals surface area contributed by atoms with Gasteiger partial charge in [0.25, 0.3) is 11.5 Å². The molecule has 2 aliphatic rings. The number of benzene rings is 1. The van der Waals surface area contributed by atoms with E-state index in [1.54, 1.807) is 4.90 Å². The van der Waals surface area contributed by atoms with Crippen LogP contribution in [0.15, 0.2) is 45.6 Å². The standard InChI is InChI=1S/C20H20N4O3/c25-18-11-15(22-24(18)14-7-2-1-3-8-14)20(26)23-10-9-17-16(12-23)21-19(27-17)13-5-4-6-13/h1-3,7-8,11,13,22H,4-6,9-10,12H2. The molecule has 1 aliphatic carbocycles. The third-order valence-corrected chi connectivity index (χ3v) is 5.45. The van der Waals surface area contributed by atoms with Gasteiger partial charge in [-0.15, -0.1) is 0 Å². The molecule has 1 aromatic carbocycles. The lowest BCUT2D eigenvalue weighted by Gasteiger charge is -2.24. The molecule has 138 valence electrons. The smallest absolute Gasteiger partial charge is 0.272 e. The van der Waals surface area contributed by atoms with E-state index >= 15 is 0 Å². The third-order valence-electron chi connectivity index (χ3n) is 5.45. The van der Waals surface area contributed by atoms with Gasteiger partial charge in [-0.1, -0.05) is 24.6 Å². The van der Waals surface area contributed by atoms with Crippen LogP contribution in [-0.4, -0.2) is 32.1 Å². The van der Waals surface area contributed by atoms with Crippen molar-refractivity contribution in [2.45, 2.75) is 38.1 Å². The molecule has 2 aromatic heterocycles. The zero-order valence-electron chi connectivity index (χ0n) is 14.9. The van der Waals surface area contributed by atoms with Crippen LogP contribution in [0.4, 0.5) is 0 Å². The van der Waals surface area contributed by atoms with E-state index in [1.807, 2.05) is 30.3 Å². The summed E-state index contributed by atoms with van der Waals surface area (Å²) in [4.78, 5) is 31.5. The Hall–Kier alpha value is -3.09. The Morgan fingerprint density at radius 1 is 1.22 bits per heavy atom. The SMILES string of the molecule is O=C(c1cc(=O)n(-c2ccccc2)[nH]1)N1CCc2oc(C3CCC3)nc2C1. The second-order valence-corrected chi connectivity index (χ2v) is 7.21. The summed E-state index contributed by atoms with van der Waals surface area (Å²) in [5.41, 5.74) is 1.58. The maximum absolute atomic E-state index is 12.9. The summed E-state index contributed by atoms with van der Waals surface area (Å²) < 4.78 is 7.30. The molecule has 3 heterocycles. The quantitative estimate of drug-likeness (QED) is 0.774. The van der Waals surface area contributed by atoms with Crippen molar-refractivity contribution in [2.24, 2.45) is 0 Å². The molecule has 1 fully saturated rings. The van der Waals surface area contributed by atoms with Crippen LogP contribution in [0.3, 0.4) is 0 Å². The van der Waals surface area contributed by atoms with Crippen LogP contribution in [0.1, 0.15) is 53.0 Å². The van der Waals surface area contributed by atoms with Gasteiger partial charge in [-0.2, -0.15) is 0 Å². The molecule has 1 saturated carbocycles. The molecule has 7 nitrogen and oxygen atoms in total. The highest BCUT2D eigenvalue weighted by Crippen LogP contribution is 2.37. The number of carbonyl (C=O) groups is 1. The maximum atomic E-state index is 12.9. The van der Waals surface area contributed by atoms with Gasteiger partial charge in [0.05, 0.1) is 12.2 Å². The van der Waals surface area contributed by atoms with Gasteiger partial charge >= 0.3 is 0 Å². The molecule has 1 amide bonds. The molecular formula is C20H20N4O3. The fraction of sp³-hybridized carbons (Fsp3) is 0.350. The Bertz CT molecular complexity index is 1040. The highest BCUT2D eigenvalue weighted by atomic mass is 16.4. The first-order chi connectivity index (χ1) is 13.2. The van der Waals surface area contributed by atoms with Crippen molar-refractivity contribution in [1.29, 1.82) is 0 Å². The Labute approximate surface area is 155 Å². The second kappa shape index (κ2) is 6.26. The summed E-state index contributed by atoms with van der Waals surface area (Å²) in [6.45, 7) is 0.979. The fourth-order valence-corrected chi connectivity index (χ4v) is 3.67. The summed E-state index contributed by atoms with van der Waals surface area (Å²) in [5, 5.41) is 2.93. The number of carbonyl (C=O) groups excluding carboxylic acids is 1. The average Bonchev–Trinajstić information content (AvgIpc) is 3.23. The lowest BCUT2D eigenvalue weighted by atomic mass is 9.85. The fourth-order valence-electron chi connectivity index (χ4n) is 3.67. The number of fused-ring (bicyclic) bond motifs is 1. The molecule has 1 aliphatic heterocycles. The predicted octanol–water partition coefficient (Wildman–Crippen LogP) is 2.62. The highest BCUT2D eigenvalue weighted by Gasteiger charge is 2.31. The number of amides is 1. The Morgan fingerprint density at radius 3 is 2.78 bits per heavy atom. The number of H-pyrrole nitrogens is 1. The van der Waals surface area contributed by atoms with E-state index in [1.165, 1.54) is 17.2 Å². The topological polar surface area (TPSA) is 84.1 Å². The number of hydrogen-bond acceptors (Lipinski definition) is 4. The molecule has 3 aromatic rings. The molecule has 0 spiro atoms. The number of nitrogens with one attached hydrogen (secondary N) is 1. The number of hydrogen-bond donors (Lipinski definition) is 1. The molecule has 0 bridgehead atoms. The van der Waals surface area contributed by atoms with E-state index in [-0.39, 0.29) is 17.2 Å². The number of oxazole rings is 1. The second-order valence-electron chi connectivity index (χ2n) is 7.21. The molecule has 0 saturated heterocycles. The number of aromatic nitrogens is 3. The van der Waals surface area contributed by atoms with Crippen molar-refractivity contribution >= 4 is 5.91 Å². The van der Waals surface area contributed by atoms with Crippen LogP contribution < -0.4 is 5.56 Å². The molecule has 0 unspecified atom stereocenters. The van der Waals surface area contributed by atoms with E-state index in [0.29, 0.717) is 31.1 Å². The van der Waals surface area contributed by atoms with E-state index < -0.39 is 0 Å². The first-order valence-corrected chi connectivity index (χ1v) is 9.34. The van der Waals surface area contributed by atoms with Gasteiger partial charge in [0.1, 0.15) is 17.1 Å². The van der Waals surface area contributed by atoms with Crippen LogP contribution >= 0.6 is 0 Å². The summed E-state index contributed by atoms with van der Waals surface area (Å²) in [6, 6.07) is 10.6. The van der Waals surface area contributed by atoms with Crippen LogP contribution in [0.25, 0.3) is 5.69 Å².